The van der Waals surface area contributed by atoms with E-state index in [4.69, 9.17) is 4.74 Å². The number of rotatable bonds is 11. The van der Waals surface area contributed by atoms with Crippen molar-refractivity contribution in [2.75, 3.05) is 0 Å². The number of ether oxygens (including phenoxy) is 1. The molecule has 0 rings (SSSR count). The lowest BCUT2D eigenvalue weighted by Gasteiger charge is -2.17. The van der Waals surface area contributed by atoms with E-state index < -0.39 is 0 Å². The van der Waals surface area contributed by atoms with Gasteiger partial charge in [0.15, 0.2) is 0 Å². The van der Waals surface area contributed by atoms with Gasteiger partial charge >= 0.3 is 5.97 Å². The molecule has 0 saturated carbocycles. The van der Waals surface area contributed by atoms with Gasteiger partial charge in [0.1, 0.15) is 6.10 Å². The number of aliphatic hydroxyl groups is 1. The average molecular weight is 284 g/mol. The molecule has 0 aromatic carbocycles. The Hall–Kier alpha value is -0.830. The third-order valence-corrected chi connectivity index (χ3v) is 3.56. The van der Waals surface area contributed by atoms with E-state index in [-0.39, 0.29) is 18.2 Å². The molecular formula is C17H32O3. The summed E-state index contributed by atoms with van der Waals surface area (Å²) < 4.78 is 5.27. The molecule has 0 aliphatic heterocycles. The first-order chi connectivity index (χ1) is 9.51. The minimum absolute atomic E-state index is 0.229. The fraction of sp³-hybridized carbons (Fsp3) is 0.824. The van der Waals surface area contributed by atoms with Gasteiger partial charge in [-0.3, -0.25) is 0 Å². The molecule has 2 atom stereocenters. The lowest BCUT2D eigenvalue weighted by molar-refractivity contribution is -0.144. The van der Waals surface area contributed by atoms with Crippen molar-refractivity contribution in [3.63, 3.8) is 0 Å². The molecule has 0 aliphatic carbocycles. The number of esters is 1. The Morgan fingerprint density at radius 3 is 2.40 bits per heavy atom. The van der Waals surface area contributed by atoms with E-state index in [1.807, 2.05) is 13.8 Å². The number of aliphatic hydroxyl groups excluding tert-OH is 1. The topological polar surface area (TPSA) is 46.5 Å². The number of carbonyl (C=O) groups excluding carboxylic acids is 1. The third kappa shape index (κ3) is 10.0. The van der Waals surface area contributed by atoms with Crippen molar-refractivity contribution in [3.8, 4) is 0 Å². The zero-order valence-electron chi connectivity index (χ0n) is 13.7. The van der Waals surface area contributed by atoms with Crippen molar-refractivity contribution in [1.82, 2.24) is 0 Å². The zero-order chi connectivity index (χ0) is 15.4. The first kappa shape index (κ1) is 19.2. The lowest BCUT2D eigenvalue weighted by Crippen LogP contribution is -2.21. The number of unbranched alkanes of at least 4 members (excludes halogenated alkanes) is 5. The minimum Gasteiger partial charge on any atom is -0.459 e. The highest BCUT2D eigenvalue weighted by atomic mass is 16.5. The summed E-state index contributed by atoms with van der Waals surface area (Å²) >= 11 is 0. The SMILES string of the molecule is CC=C(C)C(=O)OC(C)CC(O)CCCCCCCC. The Labute approximate surface area is 124 Å². The number of allylic oxidation sites excluding steroid dienone is 1. The second-order valence-electron chi connectivity index (χ2n) is 5.63. The van der Waals surface area contributed by atoms with Gasteiger partial charge in [0.2, 0.25) is 0 Å². The summed E-state index contributed by atoms with van der Waals surface area (Å²) in [6, 6.07) is 0. The van der Waals surface area contributed by atoms with Crippen LogP contribution < -0.4 is 0 Å². The smallest absolute Gasteiger partial charge is 0.333 e. The predicted molar refractivity (Wildman–Crippen MR) is 83.6 cm³/mol. The van der Waals surface area contributed by atoms with Gasteiger partial charge in [-0.2, -0.15) is 0 Å². The quantitative estimate of drug-likeness (QED) is 0.348. The predicted octanol–water partition coefficient (Wildman–Crippen LogP) is 4.39. The van der Waals surface area contributed by atoms with Crippen molar-refractivity contribution in [2.45, 2.75) is 91.3 Å². The van der Waals surface area contributed by atoms with Crippen LogP contribution in [0.2, 0.25) is 0 Å². The van der Waals surface area contributed by atoms with Gasteiger partial charge in [-0.25, -0.2) is 4.79 Å². The van der Waals surface area contributed by atoms with E-state index in [1.165, 1.54) is 32.1 Å². The maximum absolute atomic E-state index is 11.6. The fourth-order valence-electron chi connectivity index (χ4n) is 2.10. The molecule has 2 unspecified atom stereocenters. The van der Waals surface area contributed by atoms with Gasteiger partial charge in [-0.15, -0.1) is 0 Å². The Morgan fingerprint density at radius 2 is 1.80 bits per heavy atom. The van der Waals surface area contributed by atoms with Crippen LogP contribution in [0.4, 0.5) is 0 Å². The molecule has 1 N–H and O–H groups in total. The second-order valence-corrected chi connectivity index (χ2v) is 5.63. The molecule has 0 amide bonds. The summed E-state index contributed by atoms with van der Waals surface area (Å²) in [5, 5.41) is 9.93. The summed E-state index contributed by atoms with van der Waals surface area (Å²) in [5.74, 6) is -0.285. The van der Waals surface area contributed by atoms with Gasteiger partial charge in [-0.05, 0) is 27.2 Å². The summed E-state index contributed by atoms with van der Waals surface area (Å²) in [5.41, 5.74) is 0.613. The van der Waals surface area contributed by atoms with E-state index >= 15 is 0 Å². The van der Waals surface area contributed by atoms with Crippen LogP contribution in [0.25, 0.3) is 0 Å². The van der Waals surface area contributed by atoms with E-state index in [1.54, 1.807) is 13.0 Å². The van der Waals surface area contributed by atoms with Crippen molar-refractivity contribution in [2.24, 2.45) is 0 Å². The molecule has 3 heteroatoms. The van der Waals surface area contributed by atoms with Crippen LogP contribution in [-0.4, -0.2) is 23.3 Å². The van der Waals surface area contributed by atoms with E-state index in [9.17, 15) is 9.90 Å². The second kappa shape index (κ2) is 12.0. The lowest BCUT2D eigenvalue weighted by atomic mass is 10.0. The van der Waals surface area contributed by atoms with Crippen LogP contribution in [0.1, 0.15) is 79.1 Å². The summed E-state index contributed by atoms with van der Waals surface area (Å²) in [4.78, 5) is 11.6. The standard InChI is InChI=1S/C17H32O3/c1-5-7-8-9-10-11-12-16(18)13-15(4)20-17(19)14(3)6-2/h6,15-16,18H,5,7-13H2,1-4H3. The van der Waals surface area contributed by atoms with Gasteiger partial charge in [0, 0.05) is 12.0 Å². The molecule has 0 aromatic rings. The molecule has 0 heterocycles. The molecule has 0 spiro atoms. The average Bonchev–Trinajstić information content (AvgIpc) is 2.41. The van der Waals surface area contributed by atoms with Gasteiger partial charge in [-0.1, -0.05) is 51.5 Å². The molecule has 118 valence electrons. The normalized spacial score (nSPS) is 14.9. The third-order valence-electron chi connectivity index (χ3n) is 3.56. The first-order valence-corrected chi connectivity index (χ1v) is 8.03. The maximum atomic E-state index is 11.6. The Morgan fingerprint density at radius 1 is 1.20 bits per heavy atom. The van der Waals surface area contributed by atoms with Crippen LogP contribution in [0.3, 0.4) is 0 Å². The summed E-state index contributed by atoms with van der Waals surface area (Å²) in [7, 11) is 0. The summed E-state index contributed by atoms with van der Waals surface area (Å²) in [6.45, 7) is 7.60. The van der Waals surface area contributed by atoms with Gasteiger partial charge in [0.25, 0.3) is 0 Å². The summed E-state index contributed by atoms with van der Waals surface area (Å²) in [6.07, 6.45) is 9.83. The fourth-order valence-corrected chi connectivity index (χ4v) is 2.10. The van der Waals surface area contributed by atoms with Crippen molar-refractivity contribution < 1.29 is 14.6 Å². The highest BCUT2D eigenvalue weighted by molar-refractivity contribution is 5.87. The monoisotopic (exact) mass is 284 g/mol. The molecular weight excluding hydrogens is 252 g/mol. The Kier molecular flexibility index (Phi) is 11.5. The molecule has 0 radical (unpaired) electrons. The Balaban J connectivity index is 3.69. The zero-order valence-corrected chi connectivity index (χ0v) is 13.7. The van der Waals surface area contributed by atoms with Crippen molar-refractivity contribution in [3.05, 3.63) is 11.6 Å². The van der Waals surface area contributed by atoms with Crippen LogP contribution in [-0.2, 0) is 9.53 Å². The molecule has 0 aromatic heterocycles. The molecule has 0 bridgehead atoms. The van der Waals surface area contributed by atoms with E-state index in [0.717, 1.165) is 12.8 Å². The van der Waals surface area contributed by atoms with Gasteiger partial charge in [0.05, 0.1) is 6.10 Å². The van der Waals surface area contributed by atoms with Gasteiger partial charge < -0.3 is 9.84 Å². The van der Waals surface area contributed by atoms with Crippen molar-refractivity contribution >= 4 is 5.97 Å². The maximum Gasteiger partial charge on any atom is 0.333 e. The molecule has 0 fully saturated rings. The largest absolute Gasteiger partial charge is 0.459 e. The van der Waals surface area contributed by atoms with E-state index in [0.29, 0.717) is 12.0 Å². The Bertz CT molecular complexity index is 284. The highest BCUT2D eigenvalue weighted by Gasteiger charge is 2.15. The first-order valence-electron chi connectivity index (χ1n) is 8.03. The highest BCUT2D eigenvalue weighted by Crippen LogP contribution is 2.13. The van der Waals surface area contributed by atoms with Crippen molar-refractivity contribution in [1.29, 1.82) is 0 Å². The number of carbonyl (C=O) groups is 1. The molecule has 0 saturated heterocycles. The molecule has 0 aliphatic rings. The van der Waals surface area contributed by atoms with E-state index in [2.05, 4.69) is 6.92 Å². The van der Waals surface area contributed by atoms with Crippen LogP contribution >= 0.6 is 0 Å². The molecule has 3 nitrogen and oxygen atoms in total. The minimum atomic E-state index is -0.366. The van der Waals surface area contributed by atoms with Crippen LogP contribution in [0.5, 0.6) is 0 Å². The van der Waals surface area contributed by atoms with Crippen LogP contribution in [0.15, 0.2) is 11.6 Å². The number of hydrogen-bond donors (Lipinski definition) is 1. The molecule has 20 heavy (non-hydrogen) atoms. The number of hydrogen-bond acceptors (Lipinski definition) is 3. The van der Waals surface area contributed by atoms with Crippen LogP contribution in [0, 0.1) is 0 Å².